The highest BCUT2D eigenvalue weighted by Gasteiger charge is 2.44. The fourth-order valence-electron chi connectivity index (χ4n) is 3.90. The van der Waals surface area contributed by atoms with Gasteiger partial charge in [0, 0.05) is 36.2 Å². The third-order valence-electron chi connectivity index (χ3n) is 4.90. The van der Waals surface area contributed by atoms with Crippen LogP contribution in [0.3, 0.4) is 0 Å². The van der Waals surface area contributed by atoms with Crippen LogP contribution in [0.1, 0.15) is 38.3 Å². The second-order valence-corrected chi connectivity index (χ2v) is 7.24. The number of nitrogens with zero attached hydrogens (tertiary/aromatic N) is 2. The number of thiazole rings is 1. The average molecular weight is 305 g/mol. The van der Waals surface area contributed by atoms with E-state index < -0.39 is 0 Å². The van der Waals surface area contributed by atoms with Crippen molar-refractivity contribution in [1.29, 1.82) is 0 Å². The van der Waals surface area contributed by atoms with Gasteiger partial charge in [-0.15, -0.1) is 11.3 Å². The Balaban J connectivity index is 1.50. The van der Waals surface area contributed by atoms with Crippen molar-refractivity contribution in [2.75, 3.05) is 6.54 Å². The molecule has 4 nitrogen and oxygen atoms in total. The SMILES string of the molecule is CCCNC(Cc1cn2ccsc2n1)C1CC2CCC1O2. The van der Waals surface area contributed by atoms with Gasteiger partial charge in [0.05, 0.1) is 17.9 Å². The molecule has 2 fully saturated rings. The maximum atomic E-state index is 6.06. The molecule has 2 aliphatic rings. The van der Waals surface area contributed by atoms with Crippen LogP contribution < -0.4 is 5.32 Å². The molecule has 2 aliphatic heterocycles. The first-order valence-electron chi connectivity index (χ1n) is 8.13. The van der Waals surface area contributed by atoms with Crippen LogP contribution in [-0.4, -0.2) is 34.2 Å². The van der Waals surface area contributed by atoms with Gasteiger partial charge in [-0.2, -0.15) is 0 Å². The van der Waals surface area contributed by atoms with Crippen molar-refractivity contribution in [2.45, 2.75) is 57.3 Å². The Hall–Kier alpha value is -0.910. The van der Waals surface area contributed by atoms with Crippen LogP contribution in [-0.2, 0) is 11.2 Å². The summed E-state index contributed by atoms with van der Waals surface area (Å²) < 4.78 is 8.20. The summed E-state index contributed by atoms with van der Waals surface area (Å²) >= 11 is 1.70. The van der Waals surface area contributed by atoms with Gasteiger partial charge in [-0.3, -0.25) is 4.40 Å². The number of aromatic nitrogens is 2. The molecule has 21 heavy (non-hydrogen) atoms. The minimum absolute atomic E-state index is 0.480. The predicted molar refractivity (Wildman–Crippen MR) is 84.9 cm³/mol. The fourth-order valence-corrected chi connectivity index (χ4v) is 4.62. The van der Waals surface area contributed by atoms with Crippen molar-refractivity contribution in [3.8, 4) is 0 Å². The highest BCUT2D eigenvalue weighted by atomic mass is 32.1. The van der Waals surface area contributed by atoms with E-state index in [0.717, 1.165) is 17.9 Å². The van der Waals surface area contributed by atoms with Crippen molar-refractivity contribution in [1.82, 2.24) is 14.7 Å². The summed E-state index contributed by atoms with van der Waals surface area (Å²) in [7, 11) is 0. The van der Waals surface area contributed by atoms with Crippen molar-refractivity contribution in [3.63, 3.8) is 0 Å². The lowest BCUT2D eigenvalue weighted by Crippen LogP contribution is -2.42. The maximum Gasteiger partial charge on any atom is 0.193 e. The third-order valence-corrected chi connectivity index (χ3v) is 5.67. The second-order valence-electron chi connectivity index (χ2n) is 6.36. The van der Waals surface area contributed by atoms with Gasteiger partial charge in [0.1, 0.15) is 0 Å². The molecule has 4 atom stereocenters. The van der Waals surface area contributed by atoms with Crippen LogP contribution in [0.4, 0.5) is 0 Å². The maximum absolute atomic E-state index is 6.06. The van der Waals surface area contributed by atoms with E-state index in [-0.39, 0.29) is 0 Å². The Kier molecular flexibility index (Phi) is 3.73. The highest BCUT2D eigenvalue weighted by molar-refractivity contribution is 7.15. The van der Waals surface area contributed by atoms with Gasteiger partial charge in [0.2, 0.25) is 0 Å². The zero-order valence-electron chi connectivity index (χ0n) is 12.5. The van der Waals surface area contributed by atoms with Crippen LogP contribution in [0.5, 0.6) is 0 Å². The molecule has 0 radical (unpaired) electrons. The van der Waals surface area contributed by atoms with E-state index >= 15 is 0 Å². The topological polar surface area (TPSA) is 38.6 Å². The number of imidazole rings is 1. The van der Waals surface area contributed by atoms with Gasteiger partial charge in [0.15, 0.2) is 4.96 Å². The molecule has 0 aromatic carbocycles. The summed E-state index contributed by atoms with van der Waals surface area (Å²) in [5, 5.41) is 5.84. The molecular weight excluding hydrogens is 282 g/mol. The number of fused-ring (bicyclic) bond motifs is 3. The molecule has 4 unspecified atom stereocenters. The van der Waals surface area contributed by atoms with Crippen LogP contribution >= 0.6 is 11.3 Å². The van der Waals surface area contributed by atoms with Gasteiger partial charge in [-0.05, 0) is 32.2 Å². The van der Waals surface area contributed by atoms with Gasteiger partial charge in [-0.1, -0.05) is 6.92 Å². The number of hydrogen-bond acceptors (Lipinski definition) is 4. The predicted octanol–water partition coefficient (Wildman–Crippen LogP) is 2.87. The zero-order valence-corrected chi connectivity index (χ0v) is 13.3. The summed E-state index contributed by atoms with van der Waals surface area (Å²) in [6.45, 7) is 3.31. The number of hydrogen-bond donors (Lipinski definition) is 1. The van der Waals surface area contributed by atoms with E-state index in [0.29, 0.717) is 24.2 Å². The molecule has 2 aromatic heterocycles. The first-order valence-corrected chi connectivity index (χ1v) is 9.01. The molecule has 0 amide bonds. The quantitative estimate of drug-likeness (QED) is 0.892. The lowest BCUT2D eigenvalue weighted by molar-refractivity contribution is 0.0856. The van der Waals surface area contributed by atoms with Gasteiger partial charge in [0.25, 0.3) is 0 Å². The molecule has 1 N–H and O–H groups in total. The summed E-state index contributed by atoms with van der Waals surface area (Å²) in [6, 6.07) is 0.504. The molecule has 2 saturated heterocycles. The summed E-state index contributed by atoms with van der Waals surface area (Å²) in [5.74, 6) is 0.662. The highest BCUT2D eigenvalue weighted by Crippen LogP contribution is 2.41. The largest absolute Gasteiger partial charge is 0.375 e. The molecule has 5 heteroatoms. The Bertz CT molecular complexity index is 579. The first kappa shape index (κ1) is 13.7. The van der Waals surface area contributed by atoms with Gasteiger partial charge in [-0.25, -0.2) is 4.98 Å². The van der Waals surface area contributed by atoms with Crippen molar-refractivity contribution in [3.05, 3.63) is 23.5 Å². The summed E-state index contributed by atoms with van der Waals surface area (Å²) in [5.41, 5.74) is 1.21. The molecule has 4 rings (SSSR count). The van der Waals surface area contributed by atoms with Crippen molar-refractivity contribution in [2.24, 2.45) is 5.92 Å². The Morgan fingerprint density at radius 3 is 3.19 bits per heavy atom. The first-order chi connectivity index (χ1) is 10.3. The monoisotopic (exact) mass is 305 g/mol. The van der Waals surface area contributed by atoms with E-state index in [9.17, 15) is 0 Å². The minimum Gasteiger partial charge on any atom is -0.375 e. The van der Waals surface area contributed by atoms with E-state index in [2.05, 4.69) is 34.4 Å². The van der Waals surface area contributed by atoms with Crippen LogP contribution in [0, 0.1) is 5.92 Å². The standard InChI is InChI=1S/C16H23N3OS/c1-2-5-17-14(13-9-12-3-4-15(13)20-12)8-11-10-19-6-7-21-16(19)18-11/h6-7,10,12-15,17H,2-5,8-9H2,1H3. The average Bonchev–Trinajstić information content (AvgIpc) is 3.22. The van der Waals surface area contributed by atoms with Crippen LogP contribution in [0.25, 0.3) is 4.96 Å². The van der Waals surface area contributed by atoms with E-state index in [4.69, 9.17) is 9.72 Å². The van der Waals surface area contributed by atoms with Crippen molar-refractivity contribution >= 4 is 16.3 Å². The molecule has 2 bridgehead atoms. The molecule has 114 valence electrons. The number of ether oxygens (including phenoxy) is 1. The lowest BCUT2D eigenvalue weighted by Gasteiger charge is -2.29. The molecule has 2 aromatic rings. The second kappa shape index (κ2) is 5.71. The van der Waals surface area contributed by atoms with Gasteiger partial charge < -0.3 is 10.1 Å². The smallest absolute Gasteiger partial charge is 0.193 e. The molecule has 4 heterocycles. The molecular formula is C16H23N3OS. The lowest BCUT2D eigenvalue weighted by atomic mass is 9.82. The summed E-state index contributed by atoms with van der Waals surface area (Å²) in [4.78, 5) is 5.86. The van der Waals surface area contributed by atoms with E-state index in [1.165, 1.54) is 31.4 Å². The Morgan fingerprint density at radius 1 is 1.52 bits per heavy atom. The Labute approximate surface area is 129 Å². The van der Waals surface area contributed by atoms with Crippen LogP contribution in [0.15, 0.2) is 17.8 Å². The molecule has 0 spiro atoms. The fraction of sp³-hybridized carbons (Fsp3) is 0.688. The third kappa shape index (κ3) is 2.62. The number of rotatable bonds is 6. The molecule has 0 saturated carbocycles. The summed E-state index contributed by atoms with van der Waals surface area (Å²) in [6.07, 6.45) is 11.2. The number of nitrogens with one attached hydrogen (secondary N) is 1. The van der Waals surface area contributed by atoms with E-state index in [1.807, 2.05) is 0 Å². The van der Waals surface area contributed by atoms with Crippen molar-refractivity contribution < 1.29 is 4.74 Å². The molecule has 0 aliphatic carbocycles. The Morgan fingerprint density at radius 2 is 2.48 bits per heavy atom. The minimum atomic E-state index is 0.480. The zero-order chi connectivity index (χ0) is 14.2. The van der Waals surface area contributed by atoms with Gasteiger partial charge >= 0.3 is 0 Å². The normalized spacial score (nSPS) is 29.5. The van der Waals surface area contributed by atoms with Crippen LogP contribution in [0.2, 0.25) is 0 Å². The van der Waals surface area contributed by atoms with E-state index in [1.54, 1.807) is 11.3 Å².